The lowest BCUT2D eigenvalue weighted by Gasteiger charge is -2.40. The molecule has 1 fully saturated rings. The molecular weight excluding hydrogens is 513 g/mol. The largest absolute Gasteiger partial charge is 0.492 e. The van der Waals surface area contributed by atoms with Crippen LogP contribution in [0.4, 0.5) is 0 Å². The first kappa shape index (κ1) is 26.4. The quantitative estimate of drug-likeness (QED) is 0.281. The van der Waals surface area contributed by atoms with E-state index in [-0.39, 0.29) is 11.9 Å². The van der Waals surface area contributed by atoms with E-state index >= 15 is 0 Å². The zero-order valence-electron chi connectivity index (χ0n) is 19.9. The van der Waals surface area contributed by atoms with Crippen molar-refractivity contribution in [2.24, 2.45) is 0 Å². The molecule has 36 heavy (non-hydrogen) atoms. The van der Waals surface area contributed by atoms with Crippen LogP contribution in [0.25, 0.3) is 0 Å². The number of hydrogen-bond acceptors (Lipinski definition) is 4. The van der Waals surface area contributed by atoms with Gasteiger partial charge in [-0.25, -0.2) is 0 Å². The second-order valence-electron chi connectivity index (χ2n) is 8.63. The minimum Gasteiger partial charge on any atom is -0.492 e. The van der Waals surface area contributed by atoms with Gasteiger partial charge in [0.25, 0.3) is 0 Å². The van der Waals surface area contributed by atoms with Crippen LogP contribution in [0, 0.1) is 0 Å². The van der Waals surface area contributed by atoms with Crippen LogP contribution in [0.2, 0.25) is 10.0 Å². The first-order valence-electron chi connectivity index (χ1n) is 12.0. The molecule has 0 aliphatic carbocycles. The molecule has 8 heteroatoms. The summed E-state index contributed by atoms with van der Waals surface area (Å²) in [5.74, 6) is 0.443. The van der Waals surface area contributed by atoms with Crippen molar-refractivity contribution >= 4 is 46.4 Å². The number of piperazine rings is 1. The van der Waals surface area contributed by atoms with Crippen LogP contribution in [0.5, 0.6) is 5.75 Å². The number of amides is 1. The van der Waals surface area contributed by atoms with Gasteiger partial charge in [0.15, 0.2) is 5.11 Å². The zero-order chi connectivity index (χ0) is 25.3. The number of ether oxygens (including phenoxy) is 1. The molecule has 1 aliphatic heterocycles. The Kier molecular flexibility index (Phi) is 9.59. The summed E-state index contributed by atoms with van der Waals surface area (Å²) in [5.41, 5.74) is 2.55. The molecule has 1 amide bonds. The molecule has 0 spiro atoms. The van der Waals surface area contributed by atoms with Crippen LogP contribution in [-0.2, 0) is 4.79 Å². The van der Waals surface area contributed by atoms with E-state index in [1.54, 1.807) is 18.2 Å². The number of carbonyl (C=O) groups excluding carboxylic acids is 1. The molecule has 0 unspecified atom stereocenters. The van der Waals surface area contributed by atoms with E-state index in [9.17, 15) is 4.79 Å². The number of thiocarbonyl (C=S) groups is 1. The molecule has 1 saturated heterocycles. The summed E-state index contributed by atoms with van der Waals surface area (Å²) < 4.78 is 5.65. The molecule has 0 aromatic heterocycles. The monoisotopic (exact) mass is 541 g/mol. The van der Waals surface area contributed by atoms with E-state index < -0.39 is 0 Å². The third kappa shape index (κ3) is 7.20. The zero-order valence-corrected chi connectivity index (χ0v) is 22.2. The summed E-state index contributed by atoms with van der Waals surface area (Å²) >= 11 is 17.6. The second kappa shape index (κ2) is 13.1. The van der Waals surface area contributed by atoms with Gasteiger partial charge < -0.3 is 15.0 Å². The predicted molar refractivity (Wildman–Crippen MR) is 150 cm³/mol. The highest BCUT2D eigenvalue weighted by Gasteiger charge is 2.27. The molecule has 3 aromatic rings. The minimum absolute atomic E-state index is 0.111. The predicted octanol–water partition coefficient (Wildman–Crippen LogP) is 5.96. The lowest BCUT2D eigenvalue weighted by molar-refractivity contribution is -0.120. The van der Waals surface area contributed by atoms with Gasteiger partial charge in [-0.3, -0.25) is 9.69 Å². The Morgan fingerprint density at radius 3 is 2.11 bits per heavy atom. The van der Waals surface area contributed by atoms with Crippen molar-refractivity contribution in [3.8, 4) is 5.75 Å². The molecule has 1 aliphatic rings. The average Bonchev–Trinajstić information content (AvgIpc) is 2.89. The van der Waals surface area contributed by atoms with Gasteiger partial charge >= 0.3 is 0 Å². The van der Waals surface area contributed by atoms with Crippen LogP contribution < -0.4 is 10.1 Å². The summed E-state index contributed by atoms with van der Waals surface area (Å²) in [6, 6.07) is 26.4. The van der Waals surface area contributed by atoms with Gasteiger partial charge in [-0.1, -0.05) is 83.9 Å². The topological polar surface area (TPSA) is 44.8 Å². The summed E-state index contributed by atoms with van der Waals surface area (Å²) in [6.07, 6.45) is 0.867. The van der Waals surface area contributed by atoms with E-state index in [1.807, 2.05) is 12.1 Å². The molecule has 0 saturated carbocycles. The van der Waals surface area contributed by atoms with Gasteiger partial charge in [0.1, 0.15) is 5.75 Å². The molecule has 0 radical (unpaired) electrons. The van der Waals surface area contributed by atoms with Crippen molar-refractivity contribution in [2.45, 2.75) is 18.9 Å². The summed E-state index contributed by atoms with van der Waals surface area (Å²) in [7, 11) is 0. The first-order chi connectivity index (χ1) is 17.5. The number of nitrogens with zero attached hydrogens (tertiary/aromatic N) is 2. The summed E-state index contributed by atoms with van der Waals surface area (Å²) in [5, 5.41) is 4.36. The Hall–Kier alpha value is -2.64. The lowest BCUT2D eigenvalue weighted by Crippen LogP contribution is -2.53. The fourth-order valence-corrected chi connectivity index (χ4v) is 5.10. The van der Waals surface area contributed by atoms with Crippen LogP contribution in [0.3, 0.4) is 0 Å². The highest BCUT2D eigenvalue weighted by molar-refractivity contribution is 7.80. The van der Waals surface area contributed by atoms with E-state index in [0.29, 0.717) is 40.4 Å². The molecule has 3 aromatic carbocycles. The first-order valence-corrected chi connectivity index (χ1v) is 13.2. The Balaban J connectivity index is 1.24. The molecule has 188 valence electrons. The SMILES string of the molecule is O=C(CCCOc1ccc(Cl)cc1Cl)NC(=S)N1CCN(C(c2ccccc2)c2ccccc2)CC1. The summed E-state index contributed by atoms with van der Waals surface area (Å²) in [4.78, 5) is 17.0. The van der Waals surface area contributed by atoms with E-state index in [4.69, 9.17) is 40.2 Å². The van der Waals surface area contributed by atoms with Crippen molar-refractivity contribution < 1.29 is 9.53 Å². The van der Waals surface area contributed by atoms with Crippen LogP contribution in [0.1, 0.15) is 30.0 Å². The standard InChI is InChI=1S/C28H29Cl2N3O2S/c29-23-13-14-25(24(30)20-23)35-19-7-12-26(34)31-28(36)33-17-15-32(16-18-33)27(21-8-3-1-4-9-21)22-10-5-2-6-11-22/h1-6,8-11,13-14,20,27H,7,12,15-19H2,(H,31,34,36). The van der Waals surface area contributed by atoms with E-state index in [1.165, 1.54) is 11.1 Å². The Bertz CT molecular complexity index is 1120. The maximum Gasteiger partial charge on any atom is 0.226 e. The number of rotatable bonds is 8. The van der Waals surface area contributed by atoms with Crippen LogP contribution in [-0.4, -0.2) is 53.6 Å². The van der Waals surface area contributed by atoms with Gasteiger partial charge in [0.2, 0.25) is 5.91 Å². The maximum atomic E-state index is 12.4. The average molecular weight is 543 g/mol. The molecule has 5 nitrogen and oxygen atoms in total. The van der Waals surface area contributed by atoms with Crippen LogP contribution >= 0.6 is 35.4 Å². The second-order valence-corrected chi connectivity index (χ2v) is 9.86. The molecule has 1 N–H and O–H groups in total. The van der Waals surface area contributed by atoms with Crippen molar-refractivity contribution in [2.75, 3.05) is 32.8 Å². The van der Waals surface area contributed by atoms with Gasteiger partial charge in [-0.2, -0.15) is 0 Å². The third-order valence-electron chi connectivity index (χ3n) is 6.14. The van der Waals surface area contributed by atoms with E-state index in [0.717, 1.165) is 26.2 Å². The van der Waals surface area contributed by atoms with Crippen LogP contribution in [0.15, 0.2) is 78.9 Å². The number of halogens is 2. The van der Waals surface area contributed by atoms with Gasteiger partial charge in [-0.15, -0.1) is 0 Å². The minimum atomic E-state index is -0.111. The van der Waals surface area contributed by atoms with E-state index in [2.05, 4.69) is 63.6 Å². The smallest absolute Gasteiger partial charge is 0.226 e. The van der Waals surface area contributed by atoms with Crippen molar-refractivity contribution in [3.63, 3.8) is 0 Å². The highest BCUT2D eigenvalue weighted by atomic mass is 35.5. The Morgan fingerprint density at radius 2 is 1.53 bits per heavy atom. The fraction of sp³-hybridized carbons (Fsp3) is 0.286. The number of benzene rings is 3. The van der Waals surface area contributed by atoms with Gasteiger partial charge in [0.05, 0.1) is 17.7 Å². The van der Waals surface area contributed by atoms with Crippen molar-refractivity contribution in [1.29, 1.82) is 0 Å². The highest BCUT2D eigenvalue weighted by Crippen LogP contribution is 2.30. The molecule has 0 bridgehead atoms. The number of nitrogens with one attached hydrogen (secondary N) is 1. The van der Waals surface area contributed by atoms with Gasteiger partial charge in [0, 0.05) is 37.6 Å². The molecular formula is C28H29Cl2N3O2S. The van der Waals surface area contributed by atoms with Crippen molar-refractivity contribution in [3.05, 3.63) is 100 Å². The summed E-state index contributed by atoms with van der Waals surface area (Å²) in [6.45, 7) is 3.59. The molecule has 0 atom stereocenters. The lowest BCUT2D eigenvalue weighted by atomic mass is 9.96. The normalized spacial score (nSPS) is 14.0. The molecule has 1 heterocycles. The van der Waals surface area contributed by atoms with Crippen molar-refractivity contribution in [1.82, 2.24) is 15.1 Å². The van der Waals surface area contributed by atoms with Gasteiger partial charge in [-0.05, 0) is 48.0 Å². The Labute approximate surface area is 227 Å². The third-order valence-corrected chi connectivity index (χ3v) is 7.03. The maximum absolute atomic E-state index is 12.4. The number of hydrogen-bond donors (Lipinski definition) is 1. The fourth-order valence-electron chi connectivity index (χ4n) is 4.34. The number of carbonyl (C=O) groups is 1. The Morgan fingerprint density at radius 1 is 0.917 bits per heavy atom. The molecule has 4 rings (SSSR count).